The van der Waals surface area contributed by atoms with Crippen molar-refractivity contribution in [3.05, 3.63) is 39.7 Å². The van der Waals surface area contributed by atoms with Gasteiger partial charge < -0.3 is 19.4 Å². The maximum Gasteiger partial charge on any atom is 0.341 e. The molecule has 1 N–H and O–H groups in total. The third kappa shape index (κ3) is 3.09. The zero-order valence-corrected chi connectivity index (χ0v) is 14.4. The first-order valence-electron chi connectivity index (χ1n) is 7.98. The highest BCUT2D eigenvalue weighted by atomic mass is 16.5. The van der Waals surface area contributed by atoms with Crippen molar-refractivity contribution in [1.82, 2.24) is 10.2 Å². The fourth-order valence-corrected chi connectivity index (χ4v) is 2.95. The first-order valence-corrected chi connectivity index (χ1v) is 7.98. The molecule has 0 atom stereocenters. The van der Waals surface area contributed by atoms with Gasteiger partial charge in [-0.15, -0.1) is 0 Å². The van der Waals surface area contributed by atoms with Crippen molar-refractivity contribution in [2.24, 2.45) is 0 Å². The molecule has 0 bridgehead atoms. The lowest BCUT2D eigenvalue weighted by atomic mass is 9.97. The number of carbonyl (C=O) groups excluding carboxylic acids is 1. The summed E-state index contributed by atoms with van der Waals surface area (Å²) in [5.41, 5.74) is 1.33. The van der Waals surface area contributed by atoms with Crippen LogP contribution in [0.2, 0.25) is 0 Å². The highest BCUT2D eigenvalue weighted by molar-refractivity contribution is 5.83. The zero-order chi connectivity index (χ0) is 17.5. The third-order valence-corrected chi connectivity index (χ3v) is 4.08. The van der Waals surface area contributed by atoms with Gasteiger partial charge in [0.05, 0.1) is 19.2 Å². The minimum Gasteiger partial charge on any atom is -0.497 e. The van der Waals surface area contributed by atoms with Gasteiger partial charge in [0.15, 0.2) is 0 Å². The van der Waals surface area contributed by atoms with Crippen molar-refractivity contribution in [3.63, 3.8) is 0 Å². The highest BCUT2D eigenvalue weighted by Gasteiger charge is 2.27. The summed E-state index contributed by atoms with van der Waals surface area (Å²) in [6.07, 6.45) is 0.626. The van der Waals surface area contributed by atoms with Gasteiger partial charge in [-0.2, -0.15) is 0 Å². The van der Waals surface area contributed by atoms with Crippen LogP contribution >= 0.6 is 0 Å². The van der Waals surface area contributed by atoms with Crippen LogP contribution < -0.4 is 15.7 Å². The van der Waals surface area contributed by atoms with Crippen LogP contribution in [0.3, 0.4) is 0 Å². The van der Waals surface area contributed by atoms with Crippen LogP contribution in [-0.2, 0) is 13.0 Å². The number of methoxy groups -OCH3 is 1. The van der Waals surface area contributed by atoms with Crippen molar-refractivity contribution in [3.8, 4) is 5.75 Å². The lowest BCUT2D eigenvalue weighted by molar-refractivity contribution is 0.182. The van der Waals surface area contributed by atoms with Gasteiger partial charge in [0.25, 0.3) is 0 Å². The molecule has 1 aromatic heterocycles. The van der Waals surface area contributed by atoms with Crippen molar-refractivity contribution in [2.45, 2.75) is 39.3 Å². The number of nitrogens with zero attached hydrogens (tertiary/aromatic N) is 1. The second-order valence-corrected chi connectivity index (χ2v) is 7.06. The smallest absolute Gasteiger partial charge is 0.341 e. The molecule has 0 radical (unpaired) electrons. The number of ether oxygens (including phenoxy) is 1. The van der Waals surface area contributed by atoms with E-state index in [2.05, 4.69) is 5.32 Å². The lowest BCUT2D eigenvalue weighted by Crippen LogP contribution is -2.50. The maximum atomic E-state index is 12.4. The Morgan fingerprint density at radius 2 is 2.04 bits per heavy atom. The molecule has 0 fully saturated rings. The predicted molar refractivity (Wildman–Crippen MR) is 91.4 cm³/mol. The molecule has 24 heavy (non-hydrogen) atoms. The fourth-order valence-electron chi connectivity index (χ4n) is 2.95. The number of hydrogen-bond acceptors (Lipinski definition) is 4. The van der Waals surface area contributed by atoms with Crippen LogP contribution in [0.25, 0.3) is 11.0 Å². The monoisotopic (exact) mass is 330 g/mol. The predicted octanol–water partition coefficient (Wildman–Crippen LogP) is 2.67. The number of hydrogen-bond donors (Lipinski definition) is 1. The number of amides is 2. The summed E-state index contributed by atoms with van der Waals surface area (Å²) >= 11 is 0. The van der Waals surface area contributed by atoms with Crippen LogP contribution in [0.1, 0.15) is 31.9 Å². The van der Waals surface area contributed by atoms with Crippen LogP contribution in [0, 0.1) is 0 Å². The van der Waals surface area contributed by atoms with E-state index in [1.807, 2.05) is 32.9 Å². The molecule has 0 saturated carbocycles. The van der Waals surface area contributed by atoms with Crippen molar-refractivity contribution >= 4 is 17.0 Å². The normalized spacial score (nSPS) is 14.4. The van der Waals surface area contributed by atoms with Crippen molar-refractivity contribution < 1.29 is 13.9 Å². The third-order valence-electron chi connectivity index (χ3n) is 4.08. The van der Waals surface area contributed by atoms with Gasteiger partial charge in [-0.1, -0.05) is 0 Å². The summed E-state index contributed by atoms with van der Waals surface area (Å²) in [4.78, 5) is 26.4. The Bertz CT molecular complexity index is 848. The summed E-state index contributed by atoms with van der Waals surface area (Å²) in [5.74, 6) is 0.646. The quantitative estimate of drug-likeness (QED) is 0.816. The topological polar surface area (TPSA) is 71.8 Å². The Morgan fingerprint density at radius 3 is 2.71 bits per heavy atom. The Labute approximate surface area is 140 Å². The van der Waals surface area contributed by atoms with Crippen LogP contribution in [0.4, 0.5) is 4.79 Å². The van der Waals surface area contributed by atoms with E-state index in [4.69, 9.17) is 9.15 Å². The van der Waals surface area contributed by atoms with Gasteiger partial charge in [-0.25, -0.2) is 9.59 Å². The van der Waals surface area contributed by atoms with E-state index >= 15 is 0 Å². The van der Waals surface area contributed by atoms with E-state index in [1.54, 1.807) is 18.1 Å². The van der Waals surface area contributed by atoms with E-state index in [1.165, 1.54) is 0 Å². The summed E-state index contributed by atoms with van der Waals surface area (Å²) in [6.45, 7) is 6.62. The molecule has 1 aliphatic heterocycles. The number of carbonyl (C=O) groups is 1. The summed E-state index contributed by atoms with van der Waals surface area (Å²) in [6, 6.07) is 5.31. The van der Waals surface area contributed by atoms with Crippen LogP contribution in [0.5, 0.6) is 5.75 Å². The highest BCUT2D eigenvalue weighted by Crippen LogP contribution is 2.28. The van der Waals surface area contributed by atoms with Gasteiger partial charge >= 0.3 is 11.7 Å². The molecule has 1 aromatic carbocycles. The maximum absolute atomic E-state index is 12.4. The molecule has 0 unspecified atom stereocenters. The summed E-state index contributed by atoms with van der Waals surface area (Å²) in [7, 11) is 1.57. The average molecular weight is 330 g/mol. The first kappa shape index (κ1) is 16.4. The van der Waals surface area contributed by atoms with Gasteiger partial charge in [-0.3, -0.25) is 0 Å². The number of fused-ring (bicyclic) bond motifs is 3. The molecule has 0 spiro atoms. The molecule has 2 amide bonds. The summed E-state index contributed by atoms with van der Waals surface area (Å²) < 4.78 is 10.6. The minimum absolute atomic E-state index is 0.164. The van der Waals surface area contributed by atoms with E-state index in [0.29, 0.717) is 29.9 Å². The van der Waals surface area contributed by atoms with Crippen molar-refractivity contribution in [2.75, 3.05) is 13.7 Å². The van der Waals surface area contributed by atoms with Crippen LogP contribution in [0.15, 0.2) is 27.4 Å². The van der Waals surface area contributed by atoms with E-state index in [-0.39, 0.29) is 23.7 Å². The van der Waals surface area contributed by atoms with E-state index in [0.717, 1.165) is 10.9 Å². The number of benzene rings is 1. The Hall–Kier alpha value is -2.50. The average Bonchev–Trinajstić information content (AvgIpc) is 2.52. The molecule has 0 aliphatic carbocycles. The van der Waals surface area contributed by atoms with Gasteiger partial charge in [0.2, 0.25) is 0 Å². The Balaban J connectivity index is 1.96. The molecule has 128 valence electrons. The van der Waals surface area contributed by atoms with Gasteiger partial charge in [-0.05, 0) is 44.9 Å². The minimum atomic E-state index is -0.390. The first-order chi connectivity index (χ1) is 11.3. The molecule has 6 nitrogen and oxygen atoms in total. The lowest BCUT2D eigenvalue weighted by Gasteiger charge is -2.31. The van der Waals surface area contributed by atoms with Gasteiger partial charge in [0.1, 0.15) is 11.3 Å². The molecule has 3 rings (SSSR count). The SMILES string of the molecule is COc1ccc2c3c(c(=O)oc2c1)CN(C(=O)NC(C)(C)C)CC3. The second-order valence-electron chi connectivity index (χ2n) is 7.06. The summed E-state index contributed by atoms with van der Waals surface area (Å²) in [5, 5.41) is 3.83. The van der Waals surface area contributed by atoms with Crippen molar-refractivity contribution in [1.29, 1.82) is 0 Å². The fraction of sp³-hybridized carbons (Fsp3) is 0.444. The van der Waals surface area contributed by atoms with E-state index in [9.17, 15) is 9.59 Å². The van der Waals surface area contributed by atoms with E-state index < -0.39 is 0 Å². The molecule has 6 heteroatoms. The zero-order valence-electron chi connectivity index (χ0n) is 14.4. The molecular weight excluding hydrogens is 308 g/mol. The molecule has 1 aliphatic rings. The molecule has 0 saturated heterocycles. The number of rotatable bonds is 1. The van der Waals surface area contributed by atoms with Gasteiger partial charge in [0, 0.05) is 23.5 Å². The molecular formula is C18H22N2O4. The van der Waals surface area contributed by atoms with Crippen LogP contribution in [-0.4, -0.2) is 30.1 Å². The standard InChI is InChI=1S/C18H22N2O4/c1-18(2,3)19-17(22)20-8-7-12-13-6-5-11(23-4)9-15(13)24-16(21)14(12)10-20/h5-6,9H,7-8,10H2,1-4H3,(H,19,22). The largest absolute Gasteiger partial charge is 0.497 e. The Kier molecular flexibility index (Phi) is 3.99. The molecule has 2 heterocycles. The Morgan fingerprint density at radius 1 is 1.29 bits per heavy atom. The number of urea groups is 1. The molecule has 2 aromatic rings. The number of nitrogens with one attached hydrogen (secondary N) is 1. The second kappa shape index (κ2) is 5.85.